The summed E-state index contributed by atoms with van der Waals surface area (Å²) in [7, 11) is 0. The van der Waals surface area contributed by atoms with Gasteiger partial charge >= 0.3 is 0 Å². The van der Waals surface area contributed by atoms with Crippen LogP contribution in [0.3, 0.4) is 0 Å². The monoisotopic (exact) mass is 170 g/mol. The smallest absolute Gasteiger partial charge is 0.00524 e. The van der Waals surface area contributed by atoms with Gasteiger partial charge in [0.1, 0.15) is 0 Å². The fraction of sp³-hybridized carbons (Fsp3) is 0.385. The molecule has 0 aromatic heterocycles. The van der Waals surface area contributed by atoms with E-state index in [0.717, 1.165) is 5.92 Å². The van der Waals surface area contributed by atoms with Gasteiger partial charge in [0.25, 0.3) is 0 Å². The van der Waals surface area contributed by atoms with Gasteiger partial charge in [0.05, 0.1) is 0 Å². The van der Waals surface area contributed by atoms with Gasteiger partial charge < -0.3 is 0 Å². The first-order valence-corrected chi connectivity index (χ1v) is 5.16. The number of rotatable bonds is 0. The summed E-state index contributed by atoms with van der Waals surface area (Å²) >= 11 is 0. The first kappa shape index (κ1) is 7.37. The molecule has 66 valence electrons. The third kappa shape index (κ3) is 1.05. The minimum atomic E-state index is 0.836. The van der Waals surface area contributed by atoms with Crippen molar-refractivity contribution in [1.82, 2.24) is 0 Å². The Morgan fingerprint density at radius 3 is 3.00 bits per heavy atom. The molecule has 0 bridgehead atoms. The molecule has 1 unspecified atom stereocenters. The summed E-state index contributed by atoms with van der Waals surface area (Å²) in [5, 5.41) is 0. The van der Waals surface area contributed by atoms with Crippen molar-refractivity contribution in [3.8, 4) is 0 Å². The zero-order valence-electron chi connectivity index (χ0n) is 8.01. The molecule has 0 heteroatoms. The van der Waals surface area contributed by atoms with E-state index in [9.17, 15) is 0 Å². The molecule has 0 spiro atoms. The van der Waals surface area contributed by atoms with E-state index in [1.165, 1.54) is 19.3 Å². The summed E-state index contributed by atoms with van der Waals surface area (Å²) in [5.74, 6) is 0.836. The van der Waals surface area contributed by atoms with E-state index < -0.39 is 0 Å². The predicted octanol–water partition coefficient (Wildman–Crippen LogP) is 3.43. The van der Waals surface area contributed by atoms with Gasteiger partial charge in [-0.1, -0.05) is 36.8 Å². The van der Waals surface area contributed by atoms with Crippen LogP contribution in [0.2, 0.25) is 0 Å². The molecule has 0 amide bonds. The Kier molecular flexibility index (Phi) is 1.40. The molecular weight excluding hydrogens is 156 g/mol. The van der Waals surface area contributed by atoms with Gasteiger partial charge in [-0.3, -0.25) is 0 Å². The number of benzene rings is 1. The van der Waals surface area contributed by atoms with E-state index in [0.29, 0.717) is 0 Å². The fourth-order valence-corrected chi connectivity index (χ4v) is 2.47. The average molecular weight is 170 g/mol. The van der Waals surface area contributed by atoms with Crippen LogP contribution in [0, 0.1) is 5.92 Å². The summed E-state index contributed by atoms with van der Waals surface area (Å²) in [5.41, 5.74) is 6.49. The summed E-state index contributed by atoms with van der Waals surface area (Å²) in [6.45, 7) is 2.37. The molecule has 0 saturated heterocycles. The third-order valence-corrected chi connectivity index (χ3v) is 3.41. The van der Waals surface area contributed by atoms with Crippen molar-refractivity contribution in [3.63, 3.8) is 0 Å². The van der Waals surface area contributed by atoms with Crippen LogP contribution in [0.15, 0.2) is 29.8 Å². The zero-order chi connectivity index (χ0) is 8.84. The van der Waals surface area contributed by atoms with Crippen molar-refractivity contribution in [2.75, 3.05) is 0 Å². The summed E-state index contributed by atoms with van der Waals surface area (Å²) in [4.78, 5) is 0. The molecule has 1 aromatic rings. The van der Waals surface area contributed by atoms with E-state index in [2.05, 4.69) is 31.2 Å². The molecule has 0 nitrogen and oxygen atoms in total. The van der Waals surface area contributed by atoms with E-state index in [-0.39, 0.29) is 0 Å². The topological polar surface area (TPSA) is 0 Å². The molecule has 0 heterocycles. The summed E-state index contributed by atoms with van der Waals surface area (Å²) < 4.78 is 0. The lowest BCUT2D eigenvalue weighted by Crippen LogP contribution is -1.95. The van der Waals surface area contributed by atoms with Crippen molar-refractivity contribution >= 4 is 5.57 Å². The molecular formula is C13H14. The Hall–Kier alpha value is -1.04. The Morgan fingerprint density at radius 1 is 1.23 bits per heavy atom. The van der Waals surface area contributed by atoms with E-state index in [1.807, 2.05) is 0 Å². The maximum atomic E-state index is 2.37. The Bertz CT molecular complexity index is 385. The number of hydrogen-bond acceptors (Lipinski definition) is 0. The average Bonchev–Trinajstić information content (AvgIpc) is 2.93. The molecule has 1 aromatic carbocycles. The second kappa shape index (κ2) is 2.47. The molecule has 0 saturated carbocycles. The van der Waals surface area contributed by atoms with Crippen LogP contribution < -0.4 is 0 Å². The van der Waals surface area contributed by atoms with Gasteiger partial charge in [0, 0.05) is 0 Å². The SMILES string of the molecule is CC1CCc2ccccc2C2=C1C2. The number of fused-ring (bicyclic) bond motifs is 2. The van der Waals surface area contributed by atoms with Crippen molar-refractivity contribution in [1.29, 1.82) is 0 Å². The van der Waals surface area contributed by atoms with Gasteiger partial charge in [-0.2, -0.15) is 0 Å². The highest BCUT2D eigenvalue weighted by molar-refractivity contribution is 5.85. The largest absolute Gasteiger partial charge is 0.0620 e. The van der Waals surface area contributed by atoms with Crippen LogP contribution in [0.1, 0.15) is 30.9 Å². The van der Waals surface area contributed by atoms with Crippen LogP contribution in [0.5, 0.6) is 0 Å². The predicted molar refractivity (Wildman–Crippen MR) is 55.5 cm³/mol. The summed E-state index contributed by atoms with van der Waals surface area (Å²) in [6, 6.07) is 8.90. The molecule has 2 aliphatic carbocycles. The maximum absolute atomic E-state index is 2.37. The highest BCUT2D eigenvalue weighted by Crippen LogP contribution is 2.49. The lowest BCUT2D eigenvalue weighted by atomic mass is 9.97. The Balaban J connectivity index is 2.14. The highest BCUT2D eigenvalue weighted by Gasteiger charge is 2.31. The van der Waals surface area contributed by atoms with Gasteiger partial charge in [0.15, 0.2) is 0 Å². The minimum absolute atomic E-state index is 0.836. The zero-order valence-corrected chi connectivity index (χ0v) is 8.01. The standard InChI is InChI=1S/C13H14/c1-9-6-7-10-4-2-3-5-11(10)13-8-12(9)13/h2-5,9H,6-8H2,1H3. The van der Waals surface area contributed by atoms with Crippen molar-refractivity contribution < 1.29 is 0 Å². The molecule has 1 atom stereocenters. The van der Waals surface area contributed by atoms with Crippen molar-refractivity contribution in [2.24, 2.45) is 5.92 Å². The lowest BCUT2D eigenvalue weighted by Gasteiger charge is -2.07. The fourth-order valence-electron chi connectivity index (χ4n) is 2.47. The van der Waals surface area contributed by atoms with Crippen LogP contribution in [-0.2, 0) is 6.42 Å². The Labute approximate surface area is 79.3 Å². The third-order valence-electron chi connectivity index (χ3n) is 3.41. The first-order valence-electron chi connectivity index (χ1n) is 5.16. The van der Waals surface area contributed by atoms with Crippen LogP contribution in [-0.4, -0.2) is 0 Å². The van der Waals surface area contributed by atoms with Gasteiger partial charge in [-0.15, -0.1) is 0 Å². The number of hydrogen-bond donors (Lipinski definition) is 0. The van der Waals surface area contributed by atoms with Crippen LogP contribution in [0.4, 0.5) is 0 Å². The molecule has 3 rings (SSSR count). The quantitative estimate of drug-likeness (QED) is 0.559. The highest BCUT2D eigenvalue weighted by atomic mass is 14.4. The first-order chi connectivity index (χ1) is 6.36. The number of aryl methyl sites for hydroxylation is 1. The van der Waals surface area contributed by atoms with Gasteiger partial charge in [-0.05, 0) is 41.9 Å². The molecule has 0 N–H and O–H groups in total. The second-order valence-electron chi connectivity index (χ2n) is 4.28. The molecule has 0 fully saturated rings. The van der Waals surface area contributed by atoms with Crippen LogP contribution >= 0.6 is 0 Å². The van der Waals surface area contributed by atoms with Gasteiger partial charge in [-0.25, -0.2) is 0 Å². The maximum Gasteiger partial charge on any atom is -0.00524 e. The van der Waals surface area contributed by atoms with Crippen LogP contribution in [0.25, 0.3) is 5.57 Å². The van der Waals surface area contributed by atoms with E-state index in [4.69, 9.17) is 0 Å². The summed E-state index contributed by atoms with van der Waals surface area (Å²) in [6.07, 6.45) is 3.90. The normalized spacial score (nSPS) is 24.8. The molecule has 0 radical (unpaired) electrons. The molecule has 0 aliphatic heterocycles. The lowest BCUT2D eigenvalue weighted by molar-refractivity contribution is 0.628. The van der Waals surface area contributed by atoms with Crippen molar-refractivity contribution in [2.45, 2.75) is 26.2 Å². The van der Waals surface area contributed by atoms with Gasteiger partial charge in [0.2, 0.25) is 0 Å². The number of allylic oxidation sites excluding steroid dienone is 2. The van der Waals surface area contributed by atoms with Crippen molar-refractivity contribution in [3.05, 3.63) is 41.0 Å². The van der Waals surface area contributed by atoms with E-state index in [1.54, 1.807) is 22.3 Å². The second-order valence-corrected chi connectivity index (χ2v) is 4.28. The minimum Gasteiger partial charge on any atom is -0.0620 e. The Morgan fingerprint density at radius 2 is 2.08 bits per heavy atom. The molecule has 2 aliphatic rings. The van der Waals surface area contributed by atoms with E-state index >= 15 is 0 Å². The molecule has 13 heavy (non-hydrogen) atoms.